The molecule has 0 spiro atoms. The minimum atomic E-state index is -0.763. The Kier molecular flexibility index (Phi) is 4.56. The van der Waals surface area contributed by atoms with E-state index in [0.717, 1.165) is 42.6 Å². The Bertz CT molecular complexity index is 897. The summed E-state index contributed by atoms with van der Waals surface area (Å²) in [7, 11) is 1.40. The zero-order chi connectivity index (χ0) is 17.3. The third kappa shape index (κ3) is 3.01. The van der Waals surface area contributed by atoms with Crippen molar-refractivity contribution in [2.45, 2.75) is 37.4 Å². The van der Waals surface area contributed by atoms with E-state index in [0.29, 0.717) is 5.16 Å². The summed E-state index contributed by atoms with van der Waals surface area (Å²) in [6.07, 6.45) is 4.18. The average Bonchev–Trinajstić information content (AvgIpc) is 2.77. The lowest BCUT2D eigenvalue weighted by atomic mass is 10.2. The van der Waals surface area contributed by atoms with Gasteiger partial charge in [0.25, 0.3) is 5.56 Å². The number of nitrogen functional groups attached to an aromatic ring is 1. The largest absolute Gasteiger partial charge is 0.384 e. The number of nitrogens with two attached hydrogens (primary N) is 1. The van der Waals surface area contributed by atoms with E-state index in [1.807, 2.05) is 4.57 Å². The van der Waals surface area contributed by atoms with Gasteiger partial charge < -0.3 is 10.3 Å². The van der Waals surface area contributed by atoms with Crippen LogP contribution in [-0.4, -0.2) is 35.9 Å². The molecule has 0 aromatic carbocycles. The minimum Gasteiger partial charge on any atom is -0.384 e. The lowest BCUT2D eigenvalue weighted by Crippen LogP contribution is -2.35. The molecule has 1 aliphatic rings. The number of rotatable bonds is 4. The van der Waals surface area contributed by atoms with Gasteiger partial charge >= 0.3 is 5.69 Å². The molecule has 0 atom stereocenters. The first kappa shape index (κ1) is 16.5. The number of nitrogens with zero attached hydrogens (tertiary/aromatic N) is 4. The van der Waals surface area contributed by atoms with Crippen molar-refractivity contribution in [3.8, 4) is 0 Å². The monoisotopic (exact) mass is 350 g/mol. The topological polar surface area (TPSA) is 129 Å². The van der Waals surface area contributed by atoms with Crippen molar-refractivity contribution in [1.29, 1.82) is 0 Å². The highest BCUT2D eigenvalue weighted by molar-refractivity contribution is 7.99. The number of carbonyl (C=O) groups excluding carboxylic acids is 1. The van der Waals surface area contributed by atoms with Crippen LogP contribution in [0.4, 0.5) is 5.82 Å². The van der Waals surface area contributed by atoms with Crippen LogP contribution >= 0.6 is 11.8 Å². The lowest BCUT2D eigenvalue weighted by Gasteiger charge is -2.08. The second-order valence-corrected chi connectivity index (χ2v) is 6.59. The number of hydrogen-bond donors (Lipinski definition) is 2. The number of fused-ring (bicyclic) bond motifs is 1. The van der Waals surface area contributed by atoms with Crippen LogP contribution in [0.1, 0.15) is 35.4 Å². The fourth-order valence-electron chi connectivity index (χ4n) is 2.67. The highest BCUT2D eigenvalue weighted by Crippen LogP contribution is 2.22. The molecule has 9 nitrogen and oxygen atoms in total. The number of ketones is 1. The Morgan fingerprint density at radius 2 is 2.08 bits per heavy atom. The quantitative estimate of drug-likeness (QED) is 0.584. The molecule has 10 heteroatoms. The van der Waals surface area contributed by atoms with Crippen molar-refractivity contribution in [1.82, 2.24) is 24.3 Å². The van der Waals surface area contributed by atoms with Gasteiger partial charge in [0.05, 0.1) is 5.75 Å². The standard InChI is InChI=1S/C14H18N6O3S/c1-19-11(15)10(12(22)16-13(19)23)8(21)7-24-14-18-17-9-5-3-2-4-6-20(9)14/h2-7,15H2,1H3,(H,16,22,23). The van der Waals surface area contributed by atoms with Crippen LogP contribution in [0.25, 0.3) is 0 Å². The van der Waals surface area contributed by atoms with Crippen LogP contribution in [0, 0.1) is 0 Å². The zero-order valence-corrected chi connectivity index (χ0v) is 14.1. The number of thioether (sulfide) groups is 1. The van der Waals surface area contributed by atoms with E-state index in [9.17, 15) is 14.4 Å². The van der Waals surface area contributed by atoms with Gasteiger partial charge in [-0.2, -0.15) is 0 Å². The van der Waals surface area contributed by atoms with Crippen LogP contribution in [-0.2, 0) is 20.0 Å². The summed E-state index contributed by atoms with van der Waals surface area (Å²) in [6, 6.07) is 0. The van der Waals surface area contributed by atoms with Crippen molar-refractivity contribution in [2.24, 2.45) is 7.05 Å². The van der Waals surface area contributed by atoms with E-state index in [1.165, 1.54) is 18.8 Å². The number of aryl methyl sites for hydroxylation is 1. The molecule has 0 aliphatic carbocycles. The first-order chi connectivity index (χ1) is 11.5. The molecule has 0 amide bonds. The van der Waals surface area contributed by atoms with Gasteiger partial charge in [-0.25, -0.2) is 4.79 Å². The number of nitrogens with one attached hydrogen (secondary N) is 1. The number of anilines is 1. The van der Waals surface area contributed by atoms with E-state index < -0.39 is 17.0 Å². The highest BCUT2D eigenvalue weighted by atomic mass is 32.2. The molecule has 1 aliphatic heterocycles. The molecule has 0 radical (unpaired) electrons. The molecular formula is C14H18N6O3S. The number of aromatic amines is 1. The first-order valence-corrected chi connectivity index (χ1v) is 8.64. The predicted octanol–water partition coefficient (Wildman–Crippen LogP) is -0.0513. The number of carbonyl (C=O) groups is 1. The van der Waals surface area contributed by atoms with Crippen LogP contribution < -0.4 is 17.0 Å². The molecule has 3 rings (SSSR count). The van der Waals surface area contributed by atoms with E-state index >= 15 is 0 Å². The smallest absolute Gasteiger partial charge is 0.329 e. The van der Waals surface area contributed by atoms with E-state index in [1.54, 1.807) is 0 Å². The number of H-pyrrole nitrogens is 1. The van der Waals surface area contributed by atoms with Crippen molar-refractivity contribution < 1.29 is 4.79 Å². The lowest BCUT2D eigenvalue weighted by molar-refractivity contribution is 0.102. The highest BCUT2D eigenvalue weighted by Gasteiger charge is 2.20. The van der Waals surface area contributed by atoms with Crippen LogP contribution in [0.2, 0.25) is 0 Å². The van der Waals surface area contributed by atoms with Crippen molar-refractivity contribution in [3.63, 3.8) is 0 Å². The second-order valence-electron chi connectivity index (χ2n) is 5.65. The van der Waals surface area contributed by atoms with Gasteiger partial charge in [-0.05, 0) is 12.8 Å². The molecule has 0 unspecified atom stereocenters. The summed E-state index contributed by atoms with van der Waals surface area (Å²) in [5, 5.41) is 8.97. The molecule has 0 bridgehead atoms. The Morgan fingerprint density at radius 1 is 1.29 bits per heavy atom. The molecule has 0 saturated carbocycles. The van der Waals surface area contributed by atoms with Crippen molar-refractivity contribution in [2.75, 3.05) is 11.5 Å². The molecule has 0 saturated heterocycles. The normalized spacial score (nSPS) is 14.2. The average molecular weight is 350 g/mol. The van der Waals surface area contributed by atoms with Gasteiger partial charge in [0.15, 0.2) is 10.9 Å². The molecular weight excluding hydrogens is 332 g/mol. The Morgan fingerprint density at radius 3 is 2.88 bits per heavy atom. The molecule has 2 aromatic heterocycles. The molecule has 2 aromatic rings. The Labute approximate surface area is 141 Å². The van der Waals surface area contributed by atoms with Gasteiger partial charge in [-0.3, -0.25) is 19.1 Å². The summed E-state index contributed by atoms with van der Waals surface area (Å²) >= 11 is 1.23. The van der Waals surface area contributed by atoms with Crippen LogP contribution in [0.3, 0.4) is 0 Å². The van der Waals surface area contributed by atoms with E-state index in [4.69, 9.17) is 5.73 Å². The fraction of sp³-hybridized carbons (Fsp3) is 0.500. The van der Waals surface area contributed by atoms with E-state index in [-0.39, 0.29) is 17.1 Å². The maximum Gasteiger partial charge on any atom is 0.329 e. The molecule has 3 N–H and O–H groups in total. The summed E-state index contributed by atoms with van der Waals surface area (Å²) in [5.74, 6) is 0.362. The van der Waals surface area contributed by atoms with Crippen molar-refractivity contribution in [3.05, 3.63) is 32.2 Å². The molecule has 24 heavy (non-hydrogen) atoms. The van der Waals surface area contributed by atoms with Gasteiger partial charge in [-0.1, -0.05) is 18.2 Å². The van der Waals surface area contributed by atoms with Gasteiger partial charge in [-0.15, -0.1) is 10.2 Å². The summed E-state index contributed by atoms with van der Waals surface area (Å²) in [6.45, 7) is 0.835. The summed E-state index contributed by atoms with van der Waals surface area (Å²) in [5.41, 5.74) is 4.14. The first-order valence-electron chi connectivity index (χ1n) is 7.66. The maximum atomic E-state index is 12.4. The number of aromatic nitrogens is 5. The summed E-state index contributed by atoms with van der Waals surface area (Å²) in [4.78, 5) is 37.8. The third-order valence-electron chi connectivity index (χ3n) is 4.06. The second kappa shape index (κ2) is 6.63. The Hall–Kier alpha value is -2.36. The molecule has 0 fully saturated rings. The van der Waals surface area contributed by atoms with Crippen LogP contribution in [0.15, 0.2) is 14.7 Å². The zero-order valence-electron chi connectivity index (χ0n) is 13.2. The maximum absolute atomic E-state index is 12.4. The third-order valence-corrected chi connectivity index (χ3v) is 5.02. The fourth-order valence-corrected chi connectivity index (χ4v) is 3.53. The molecule has 3 heterocycles. The van der Waals surface area contributed by atoms with Gasteiger partial charge in [0.2, 0.25) is 0 Å². The predicted molar refractivity (Wildman–Crippen MR) is 89.3 cm³/mol. The Balaban J connectivity index is 1.80. The van der Waals surface area contributed by atoms with Crippen molar-refractivity contribution >= 4 is 23.4 Å². The SMILES string of the molecule is Cn1c(N)c(C(=O)CSc2nnc3n2CCCCC3)c(=O)[nH]c1=O. The van der Waals surface area contributed by atoms with Gasteiger partial charge in [0.1, 0.15) is 17.2 Å². The molecule has 128 valence electrons. The van der Waals surface area contributed by atoms with E-state index in [2.05, 4.69) is 15.2 Å². The number of hydrogen-bond acceptors (Lipinski definition) is 7. The summed E-state index contributed by atoms with van der Waals surface area (Å²) < 4.78 is 3.07. The van der Waals surface area contributed by atoms with Crippen LogP contribution in [0.5, 0.6) is 0 Å². The van der Waals surface area contributed by atoms with Gasteiger partial charge in [0, 0.05) is 20.0 Å². The minimum absolute atomic E-state index is 0.00359. The number of Topliss-reactive ketones (excluding diaryl/α,β-unsaturated/α-hetero) is 1.